The Balaban J connectivity index is 2.17. The highest BCUT2D eigenvalue weighted by Crippen LogP contribution is 2.20. The van der Waals surface area contributed by atoms with Crippen LogP contribution in [0.1, 0.15) is 10.4 Å². The number of hydrogen-bond acceptors (Lipinski definition) is 5. The first-order chi connectivity index (χ1) is 12.6. The molecule has 26 heavy (non-hydrogen) atoms. The molecule has 0 saturated heterocycles. The van der Waals surface area contributed by atoms with Crippen LogP contribution in [0, 0.1) is 0 Å². The third kappa shape index (κ3) is 3.79. The van der Waals surface area contributed by atoms with Gasteiger partial charge in [-0.15, -0.1) is 0 Å². The second-order valence-corrected chi connectivity index (χ2v) is 5.79. The third-order valence-electron chi connectivity index (χ3n) is 3.58. The van der Waals surface area contributed by atoms with Crippen molar-refractivity contribution in [2.24, 2.45) is 0 Å². The lowest BCUT2D eigenvalue weighted by Crippen LogP contribution is -2.35. The van der Waals surface area contributed by atoms with E-state index in [2.05, 4.69) is 15.4 Å². The van der Waals surface area contributed by atoms with Crippen LogP contribution in [0.3, 0.4) is 0 Å². The number of carbonyl (C=O) groups is 1. The molecule has 3 aromatic rings. The predicted molar refractivity (Wildman–Crippen MR) is 97.5 cm³/mol. The maximum Gasteiger partial charge on any atom is 0.284 e. The lowest BCUT2D eigenvalue weighted by Gasteiger charge is -2.11. The van der Waals surface area contributed by atoms with Gasteiger partial charge < -0.3 is 10.4 Å². The SMILES string of the molecule is O=C(NCCO)c1cc(-c2ccc(Cl)cc2)nn(-c2cccnc2)c1=O. The fraction of sp³-hybridized carbons (Fsp3) is 0.111. The normalized spacial score (nSPS) is 10.5. The lowest BCUT2D eigenvalue weighted by molar-refractivity contribution is 0.0942. The number of pyridine rings is 1. The molecule has 1 amide bonds. The van der Waals surface area contributed by atoms with Crippen molar-refractivity contribution in [3.8, 4) is 16.9 Å². The number of aromatic nitrogens is 3. The predicted octanol–water partition coefficient (Wildman–Crippen LogP) is 1.67. The molecule has 3 rings (SSSR count). The number of aliphatic hydroxyl groups is 1. The van der Waals surface area contributed by atoms with Gasteiger partial charge in [0.2, 0.25) is 0 Å². The summed E-state index contributed by atoms with van der Waals surface area (Å²) in [6, 6.07) is 11.7. The number of hydrogen-bond donors (Lipinski definition) is 2. The summed E-state index contributed by atoms with van der Waals surface area (Å²) in [5.41, 5.74) is 0.903. The summed E-state index contributed by atoms with van der Waals surface area (Å²) in [6.07, 6.45) is 3.06. The number of benzene rings is 1. The van der Waals surface area contributed by atoms with Crippen molar-refractivity contribution < 1.29 is 9.90 Å². The summed E-state index contributed by atoms with van der Waals surface area (Å²) in [5.74, 6) is -0.584. The van der Waals surface area contributed by atoms with Crippen molar-refractivity contribution in [2.75, 3.05) is 13.2 Å². The molecule has 0 aliphatic carbocycles. The number of nitrogens with zero attached hydrogens (tertiary/aromatic N) is 3. The molecule has 8 heteroatoms. The molecule has 0 aliphatic heterocycles. The lowest BCUT2D eigenvalue weighted by atomic mass is 10.1. The molecule has 0 unspecified atom stereocenters. The highest BCUT2D eigenvalue weighted by Gasteiger charge is 2.17. The van der Waals surface area contributed by atoms with E-state index in [1.54, 1.807) is 42.6 Å². The van der Waals surface area contributed by atoms with E-state index < -0.39 is 11.5 Å². The summed E-state index contributed by atoms with van der Waals surface area (Å²) in [4.78, 5) is 29.1. The number of halogens is 1. The van der Waals surface area contributed by atoms with Crippen molar-refractivity contribution in [2.45, 2.75) is 0 Å². The Bertz CT molecular complexity index is 972. The molecule has 0 radical (unpaired) electrons. The first-order valence-corrected chi connectivity index (χ1v) is 8.17. The van der Waals surface area contributed by atoms with Crippen LogP contribution < -0.4 is 10.9 Å². The number of rotatable bonds is 5. The molecule has 7 nitrogen and oxygen atoms in total. The van der Waals surface area contributed by atoms with E-state index in [0.717, 1.165) is 4.68 Å². The molecule has 2 N–H and O–H groups in total. The van der Waals surface area contributed by atoms with Gasteiger partial charge in [0.15, 0.2) is 0 Å². The van der Waals surface area contributed by atoms with Crippen LogP contribution >= 0.6 is 11.6 Å². The molecule has 0 aliphatic rings. The first kappa shape index (κ1) is 17.8. The molecule has 0 atom stereocenters. The van der Waals surface area contributed by atoms with Crippen molar-refractivity contribution in [1.82, 2.24) is 20.1 Å². The van der Waals surface area contributed by atoms with E-state index in [0.29, 0.717) is 22.0 Å². The number of aliphatic hydroxyl groups excluding tert-OH is 1. The average molecular weight is 371 g/mol. The Hall–Kier alpha value is -3.03. The molecular weight excluding hydrogens is 356 g/mol. The van der Waals surface area contributed by atoms with Gasteiger partial charge in [0.1, 0.15) is 5.56 Å². The molecule has 0 saturated carbocycles. The van der Waals surface area contributed by atoms with E-state index in [1.165, 1.54) is 12.3 Å². The molecule has 2 heterocycles. The van der Waals surface area contributed by atoms with Crippen molar-refractivity contribution in [3.63, 3.8) is 0 Å². The van der Waals surface area contributed by atoms with Gasteiger partial charge in [-0.3, -0.25) is 14.6 Å². The fourth-order valence-electron chi connectivity index (χ4n) is 2.34. The zero-order valence-electron chi connectivity index (χ0n) is 13.6. The van der Waals surface area contributed by atoms with Crippen LogP contribution in [0.5, 0.6) is 0 Å². The van der Waals surface area contributed by atoms with Gasteiger partial charge in [-0.1, -0.05) is 23.7 Å². The van der Waals surface area contributed by atoms with Gasteiger partial charge in [-0.05, 0) is 30.3 Å². The van der Waals surface area contributed by atoms with E-state index in [-0.39, 0.29) is 18.7 Å². The fourth-order valence-corrected chi connectivity index (χ4v) is 2.46. The van der Waals surface area contributed by atoms with Gasteiger partial charge in [0, 0.05) is 23.3 Å². The molecule has 1 aromatic carbocycles. The van der Waals surface area contributed by atoms with Crippen molar-refractivity contribution in [3.05, 3.63) is 75.8 Å². The zero-order chi connectivity index (χ0) is 18.5. The number of carbonyl (C=O) groups excluding carboxylic acids is 1. The number of amides is 1. The van der Waals surface area contributed by atoms with Crippen LogP contribution in [0.2, 0.25) is 5.02 Å². The summed E-state index contributed by atoms with van der Waals surface area (Å²) >= 11 is 5.92. The van der Waals surface area contributed by atoms with E-state index >= 15 is 0 Å². The summed E-state index contributed by atoms with van der Waals surface area (Å²) in [7, 11) is 0. The molecule has 0 spiro atoms. The molecule has 132 valence electrons. The second-order valence-electron chi connectivity index (χ2n) is 5.36. The highest BCUT2D eigenvalue weighted by atomic mass is 35.5. The van der Waals surface area contributed by atoms with Gasteiger partial charge >= 0.3 is 0 Å². The smallest absolute Gasteiger partial charge is 0.284 e. The minimum Gasteiger partial charge on any atom is -0.395 e. The summed E-state index contributed by atoms with van der Waals surface area (Å²) in [6.45, 7) is -0.179. The van der Waals surface area contributed by atoms with Crippen LogP contribution in [0.15, 0.2) is 59.7 Å². The average Bonchev–Trinajstić information content (AvgIpc) is 2.67. The minimum absolute atomic E-state index is 0.0454. The molecule has 0 fully saturated rings. The zero-order valence-corrected chi connectivity index (χ0v) is 14.3. The standard InChI is InChI=1S/C18H15ClN4O3/c19-13-5-3-12(4-6-13)16-10-15(17(25)21-8-9-24)18(26)23(22-16)14-2-1-7-20-11-14/h1-7,10-11,24H,8-9H2,(H,21,25). The highest BCUT2D eigenvalue weighted by molar-refractivity contribution is 6.30. The maximum absolute atomic E-state index is 12.7. The van der Waals surface area contributed by atoms with Gasteiger partial charge in [-0.2, -0.15) is 9.78 Å². The molecule has 0 bridgehead atoms. The molecular formula is C18H15ClN4O3. The Labute approximate surface area is 153 Å². The topological polar surface area (TPSA) is 97.1 Å². The number of nitrogens with one attached hydrogen (secondary N) is 1. The Morgan fingerprint density at radius 3 is 2.65 bits per heavy atom. The van der Waals surface area contributed by atoms with Gasteiger partial charge in [0.05, 0.1) is 24.2 Å². The Morgan fingerprint density at radius 1 is 1.23 bits per heavy atom. The Kier molecular flexibility index (Phi) is 5.40. The summed E-state index contributed by atoms with van der Waals surface area (Å²) < 4.78 is 1.13. The maximum atomic E-state index is 12.7. The van der Waals surface area contributed by atoms with Crippen molar-refractivity contribution >= 4 is 17.5 Å². The van der Waals surface area contributed by atoms with Crippen LogP contribution in [0.4, 0.5) is 0 Å². The second kappa shape index (κ2) is 7.90. The largest absolute Gasteiger partial charge is 0.395 e. The molecule has 2 aromatic heterocycles. The van der Waals surface area contributed by atoms with Crippen LogP contribution in [-0.2, 0) is 0 Å². The van der Waals surface area contributed by atoms with E-state index in [4.69, 9.17) is 16.7 Å². The van der Waals surface area contributed by atoms with Crippen LogP contribution in [-0.4, -0.2) is 38.9 Å². The summed E-state index contributed by atoms with van der Waals surface area (Å²) in [5, 5.41) is 16.3. The van der Waals surface area contributed by atoms with E-state index in [1.807, 2.05) is 0 Å². The minimum atomic E-state index is -0.584. The Morgan fingerprint density at radius 2 is 2.00 bits per heavy atom. The van der Waals surface area contributed by atoms with E-state index in [9.17, 15) is 9.59 Å². The quantitative estimate of drug-likeness (QED) is 0.712. The van der Waals surface area contributed by atoms with Gasteiger partial charge in [-0.25, -0.2) is 0 Å². The van der Waals surface area contributed by atoms with Crippen molar-refractivity contribution in [1.29, 1.82) is 0 Å². The van der Waals surface area contributed by atoms with Crippen LogP contribution in [0.25, 0.3) is 16.9 Å². The monoisotopic (exact) mass is 370 g/mol. The van der Waals surface area contributed by atoms with Gasteiger partial charge in [0.25, 0.3) is 11.5 Å². The third-order valence-corrected chi connectivity index (χ3v) is 3.84. The first-order valence-electron chi connectivity index (χ1n) is 7.80.